The van der Waals surface area contributed by atoms with Gasteiger partial charge in [0.05, 0.1) is 22.1 Å². The van der Waals surface area contributed by atoms with E-state index in [4.69, 9.17) is 9.47 Å². The number of nitrogens with zero attached hydrogens (tertiary/aromatic N) is 1. The quantitative estimate of drug-likeness (QED) is 0.507. The average molecular weight is 428 g/mol. The fraction of sp³-hybridized carbons (Fsp3) is 0.353. The number of carbonyl (C=O) groups is 3. The van der Waals surface area contributed by atoms with Gasteiger partial charge in [-0.15, -0.1) is 0 Å². The number of halogens is 1. The topological polar surface area (TPSA) is 72.9 Å². The highest BCUT2D eigenvalue weighted by Crippen LogP contribution is 2.34. The third kappa shape index (κ3) is 5.09. The van der Waals surface area contributed by atoms with Gasteiger partial charge in [0.15, 0.2) is 0 Å². The first-order chi connectivity index (χ1) is 11.8. The van der Waals surface area contributed by atoms with Crippen LogP contribution in [0.1, 0.15) is 26.3 Å². The van der Waals surface area contributed by atoms with Crippen LogP contribution in [0.4, 0.5) is 4.79 Å². The second kappa shape index (κ2) is 8.53. The molecule has 0 spiro atoms. The Bertz CT molecular complexity index is 732. The van der Waals surface area contributed by atoms with Gasteiger partial charge in [-0.05, 0) is 72.2 Å². The zero-order valence-electron chi connectivity index (χ0n) is 14.1. The van der Waals surface area contributed by atoms with E-state index in [0.29, 0.717) is 5.75 Å². The Morgan fingerprint density at radius 1 is 1.36 bits per heavy atom. The summed E-state index contributed by atoms with van der Waals surface area (Å²) in [4.78, 5) is 36.9. The molecule has 0 saturated carbocycles. The van der Waals surface area contributed by atoms with Crippen molar-refractivity contribution in [2.24, 2.45) is 0 Å². The molecular weight excluding hydrogens is 410 g/mol. The Hall–Kier alpha value is -1.80. The molecular formula is C17H18BrNO5S. The highest BCUT2D eigenvalue weighted by atomic mass is 79.9. The van der Waals surface area contributed by atoms with Crippen LogP contribution in [0.25, 0.3) is 6.08 Å². The van der Waals surface area contributed by atoms with Gasteiger partial charge in [-0.25, -0.2) is 0 Å². The number of hydrogen-bond acceptors (Lipinski definition) is 6. The minimum absolute atomic E-state index is 0.0431. The van der Waals surface area contributed by atoms with Gasteiger partial charge in [-0.1, -0.05) is 6.07 Å². The van der Waals surface area contributed by atoms with Gasteiger partial charge in [0, 0.05) is 0 Å². The van der Waals surface area contributed by atoms with E-state index < -0.39 is 17.1 Å². The van der Waals surface area contributed by atoms with Gasteiger partial charge in [0.2, 0.25) is 0 Å². The summed E-state index contributed by atoms with van der Waals surface area (Å²) < 4.78 is 11.2. The van der Waals surface area contributed by atoms with Crippen LogP contribution >= 0.6 is 27.7 Å². The van der Waals surface area contributed by atoms with Crippen molar-refractivity contribution in [3.63, 3.8) is 0 Å². The van der Waals surface area contributed by atoms with Crippen molar-refractivity contribution >= 4 is 50.9 Å². The number of ether oxygens (including phenoxy) is 2. The minimum atomic E-state index is -0.607. The predicted octanol–water partition coefficient (Wildman–Crippen LogP) is 3.84. The Morgan fingerprint density at radius 3 is 2.68 bits per heavy atom. The minimum Gasteiger partial charge on any atom is -0.490 e. The normalized spacial score (nSPS) is 16.0. The van der Waals surface area contributed by atoms with Crippen molar-refractivity contribution in [1.29, 1.82) is 0 Å². The Morgan fingerprint density at radius 2 is 2.08 bits per heavy atom. The molecule has 1 aliphatic heterocycles. The zero-order chi connectivity index (χ0) is 18.6. The molecule has 0 atom stereocenters. The largest absolute Gasteiger partial charge is 0.490 e. The Balaban J connectivity index is 2.16. The summed E-state index contributed by atoms with van der Waals surface area (Å²) in [6, 6.07) is 5.39. The van der Waals surface area contributed by atoms with Gasteiger partial charge < -0.3 is 9.47 Å². The molecule has 0 bridgehead atoms. The average Bonchev–Trinajstić information content (AvgIpc) is 2.77. The third-order valence-corrected chi connectivity index (χ3v) is 4.61. The first kappa shape index (κ1) is 19.5. The summed E-state index contributed by atoms with van der Waals surface area (Å²) in [5.74, 6) is -0.409. The van der Waals surface area contributed by atoms with Crippen molar-refractivity contribution in [3.8, 4) is 5.75 Å². The van der Waals surface area contributed by atoms with E-state index in [1.807, 2.05) is 13.8 Å². The molecule has 2 amide bonds. The van der Waals surface area contributed by atoms with Crippen LogP contribution in [0.5, 0.6) is 5.75 Å². The molecule has 25 heavy (non-hydrogen) atoms. The molecule has 8 heteroatoms. The number of benzene rings is 1. The molecule has 1 aliphatic rings. The second-order valence-corrected chi connectivity index (χ2v) is 7.28. The lowest BCUT2D eigenvalue weighted by molar-refractivity contribution is -0.145. The molecule has 0 unspecified atom stereocenters. The number of hydrogen-bond donors (Lipinski definition) is 0. The van der Waals surface area contributed by atoms with E-state index in [2.05, 4.69) is 15.9 Å². The van der Waals surface area contributed by atoms with Crippen LogP contribution in [-0.2, 0) is 14.3 Å². The monoisotopic (exact) mass is 427 g/mol. The standard InChI is InChI=1S/C17H18BrNO5S/c1-4-23-15(20)9-19-16(21)14(25-17(19)22)8-11-5-6-13(12(18)7-11)24-10(2)3/h5-8,10H,4,9H2,1-3H3/b14-8+. The molecule has 0 N–H and O–H groups in total. The van der Waals surface area contributed by atoms with Crippen LogP contribution < -0.4 is 4.74 Å². The molecule has 6 nitrogen and oxygen atoms in total. The smallest absolute Gasteiger partial charge is 0.326 e. The SMILES string of the molecule is CCOC(=O)CN1C(=O)S/C(=C/c2ccc(OC(C)C)c(Br)c2)C1=O. The van der Waals surface area contributed by atoms with E-state index in [1.54, 1.807) is 31.2 Å². The maximum atomic E-state index is 12.3. The lowest BCUT2D eigenvalue weighted by Gasteiger charge is -2.12. The maximum Gasteiger partial charge on any atom is 0.326 e. The number of thioether (sulfide) groups is 1. The second-order valence-electron chi connectivity index (χ2n) is 5.43. The molecule has 1 fully saturated rings. The molecule has 2 rings (SSSR count). The molecule has 0 aliphatic carbocycles. The van der Waals surface area contributed by atoms with E-state index in [-0.39, 0.29) is 24.2 Å². The number of amides is 2. The first-order valence-electron chi connectivity index (χ1n) is 7.69. The van der Waals surface area contributed by atoms with Crippen molar-refractivity contribution < 1.29 is 23.9 Å². The maximum absolute atomic E-state index is 12.3. The van der Waals surface area contributed by atoms with Gasteiger partial charge in [0.25, 0.3) is 11.1 Å². The molecule has 1 heterocycles. The summed E-state index contributed by atoms with van der Waals surface area (Å²) in [5.41, 5.74) is 0.740. The van der Waals surface area contributed by atoms with Crippen molar-refractivity contribution in [1.82, 2.24) is 4.90 Å². The number of imide groups is 1. The highest BCUT2D eigenvalue weighted by Gasteiger charge is 2.36. The van der Waals surface area contributed by atoms with Crippen molar-refractivity contribution in [2.45, 2.75) is 26.9 Å². The van der Waals surface area contributed by atoms with E-state index >= 15 is 0 Å². The number of esters is 1. The summed E-state index contributed by atoms with van der Waals surface area (Å²) in [6.45, 7) is 5.35. The summed E-state index contributed by atoms with van der Waals surface area (Å²) >= 11 is 4.23. The van der Waals surface area contributed by atoms with Gasteiger partial charge in [-0.2, -0.15) is 0 Å². The number of rotatable bonds is 6. The molecule has 134 valence electrons. The highest BCUT2D eigenvalue weighted by molar-refractivity contribution is 9.10. The summed E-state index contributed by atoms with van der Waals surface area (Å²) in [6.07, 6.45) is 1.65. The molecule has 0 radical (unpaired) electrons. The van der Waals surface area contributed by atoms with Crippen LogP contribution in [0.15, 0.2) is 27.6 Å². The van der Waals surface area contributed by atoms with Crippen LogP contribution in [-0.4, -0.2) is 41.3 Å². The summed E-state index contributed by atoms with van der Waals surface area (Å²) in [5, 5.41) is -0.483. The third-order valence-electron chi connectivity index (χ3n) is 3.08. The van der Waals surface area contributed by atoms with Crippen LogP contribution in [0.2, 0.25) is 0 Å². The molecule has 1 aromatic carbocycles. The lowest BCUT2D eigenvalue weighted by Crippen LogP contribution is -2.34. The fourth-order valence-corrected chi connectivity index (χ4v) is 3.41. The van der Waals surface area contributed by atoms with E-state index in [0.717, 1.165) is 26.7 Å². The van der Waals surface area contributed by atoms with Gasteiger partial charge >= 0.3 is 5.97 Å². The predicted molar refractivity (Wildman–Crippen MR) is 99.2 cm³/mol. The zero-order valence-corrected chi connectivity index (χ0v) is 16.5. The molecule has 1 aromatic rings. The first-order valence-corrected chi connectivity index (χ1v) is 9.30. The fourth-order valence-electron chi connectivity index (χ4n) is 2.08. The van der Waals surface area contributed by atoms with Crippen LogP contribution in [0, 0.1) is 0 Å². The van der Waals surface area contributed by atoms with E-state index in [1.165, 1.54) is 0 Å². The van der Waals surface area contributed by atoms with Gasteiger partial charge in [-0.3, -0.25) is 19.3 Å². The van der Waals surface area contributed by atoms with Crippen LogP contribution in [0.3, 0.4) is 0 Å². The van der Waals surface area contributed by atoms with Crippen molar-refractivity contribution in [2.75, 3.05) is 13.2 Å². The summed E-state index contributed by atoms with van der Waals surface area (Å²) in [7, 11) is 0. The number of carbonyl (C=O) groups excluding carboxylic acids is 3. The molecule has 1 saturated heterocycles. The Labute approximate surface area is 158 Å². The Kier molecular flexibility index (Phi) is 6.66. The van der Waals surface area contributed by atoms with Gasteiger partial charge in [0.1, 0.15) is 12.3 Å². The van der Waals surface area contributed by atoms with E-state index in [9.17, 15) is 14.4 Å². The van der Waals surface area contributed by atoms with Crippen molar-refractivity contribution in [3.05, 3.63) is 33.1 Å². The molecule has 0 aromatic heterocycles. The lowest BCUT2D eigenvalue weighted by atomic mass is 10.2.